The molecule has 0 saturated carbocycles. The summed E-state index contributed by atoms with van der Waals surface area (Å²) in [5.74, 6) is -2.34. The van der Waals surface area contributed by atoms with Crippen LogP contribution < -0.4 is 4.72 Å². The van der Waals surface area contributed by atoms with Gasteiger partial charge in [0.15, 0.2) is 11.6 Å². The Kier molecular flexibility index (Phi) is 3.68. The maximum Gasteiger partial charge on any atom is 0.263 e. The molecular weight excluding hydrogens is 298 g/mol. The fourth-order valence-corrected chi connectivity index (χ4v) is 2.41. The van der Waals surface area contributed by atoms with Crippen molar-refractivity contribution in [3.63, 3.8) is 0 Å². The number of sulfonamides is 1. The lowest BCUT2D eigenvalue weighted by Gasteiger charge is -2.07. The second-order valence-corrected chi connectivity index (χ2v) is 5.66. The van der Waals surface area contributed by atoms with Crippen LogP contribution in [0.25, 0.3) is 0 Å². The van der Waals surface area contributed by atoms with E-state index in [4.69, 9.17) is 11.6 Å². The van der Waals surface area contributed by atoms with Crippen molar-refractivity contribution < 1.29 is 17.2 Å². The highest BCUT2D eigenvalue weighted by Gasteiger charge is 2.17. The minimum absolute atomic E-state index is 0.0223. The van der Waals surface area contributed by atoms with Gasteiger partial charge in [-0.3, -0.25) is 4.72 Å². The Balaban J connectivity index is 2.32. The van der Waals surface area contributed by atoms with Crippen molar-refractivity contribution >= 4 is 27.4 Å². The summed E-state index contributed by atoms with van der Waals surface area (Å²) in [6.07, 6.45) is 1.25. The minimum atomic E-state index is -4.03. The van der Waals surface area contributed by atoms with Crippen molar-refractivity contribution in [1.82, 2.24) is 4.98 Å². The van der Waals surface area contributed by atoms with Gasteiger partial charge in [-0.25, -0.2) is 22.2 Å². The zero-order valence-electron chi connectivity index (χ0n) is 9.27. The molecule has 0 saturated heterocycles. The minimum Gasteiger partial charge on any atom is -0.263 e. The number of hydrogen-bond donors (Lipinski definition) is 1. The normalized spacial score (nSPS) is 11.3. The lowest BCUT2D eigenvalue weighted by molar-refractivity contribution is 0.504. The third-order valence-corrected chi connectivity index (χ3v) is 3.74. The summed E-state index contributed by atoms with van der Waals surface area (Å²) in [4.78, 5) is 3.34. The molecule has 8 heteroatoms. The highest BCUT2D eigenvalue weighted by Crippen LogP contribution is 2.18. The second kappa shape index (κ2) is 5.10. The molecule has 0 aliphatic rings. The number of hydrogen-bond acceptors (Lipinski definition) is 3. The summed E-state index contributed by atoms with van der Waals surface area (Å²) < 4.78 is 51.6. The highest BCUT2D eigenvalue weighted by molar-refractivity contribution is 7.92. The molecule has 0 aliphatic heterocycles. The fourth-order valence-electron chi connectivity index (χ4n) is 1.28. The van der Waals surface area contributed by atoms with E-state index in [0.717, 1.165) is 12.1 Å². The Bertz CT molecular complexity index is 705. The fraction of sp³-hybridized carbons (Fsp3) is 0. The maximum absolute atomic E-state index is 13.0. The lowest BCUT2D eigenvalue weighted by atomic mass is 10.3. The molecule has 1 heterocycles. The van der Waals surface area contributed by atoms with E-state index in [2.05, 4.69) is 9.71 Å². The standard InChI is InChI=1S/C11H7ClF2N2O2S/c12-7-1-4-11(15-6-7)16-19(17,18)8-2-3-9(13)10(14)5-8/h1-6H,(H,15,16). The SMILES string of the molecule is O=S(=O)(Nc1ccc(Cl)cn1)c1ccc(F)c(F)c1. The summed E-state index contributed by atoms with van der Waals surface area (Å²) in [5.41, 5.74) is 0. The first-order valence-electron chi connectivity index (χ1n) is 4.98. The average Bonchev–Trinajstić information content (AvgIpc) is 2.35. The monoisotopic (exact) mass is 304 g/mol. The van der Waals surface area contributed by atoms with Gasteiger partial charge in [0, 0.05) is 6.20 Å². The van der Waals surface area contributed by atoms with Crippen molar-refractivity contribution in [1.29, 1.82) is 0 Å². The molecule has 1 N–H and O–H groups in total. The van der Waals surface area contributed by atoms with Crippen LogP contribution in [0.3, 0.4) is 0 Å². The van der Waals surface area contributed by atoms with Crippen LogP contribution in [0.1, 0.15) is 0 Å². The Morgan fingerprint density at radius 2 is 1.84 bits per heavy atom. The molecule has 0 unspecified atom stereocenters. The first-order chi connectivity index (χ1) is 8.88. The molecule has 0 radical (unpaired) electrons. The number of rotatable bonds is 3. The van der Waals surface area contributed by atoms with Gasteiger partial charge in [-0.1, -0.05) is 11.6 Å². The zero-order valence-corrected chi connectivity index (χ0v) is 10.8. The van der Waals surface area contributed by atoms with Crippen LogP contribution in [0, 0.1) is 11.6 Å². The number of pyridine rings is 1. The molecule has 0 atom stereocenters. The second-order valence-electron chi connectivity index (χ2n) is 3.54. The third kappa shape index (κ3) is 3.18. The maximum atomic E-state index is 13.0. The predicted octanol–water partition coefficient (Wildman–Crippen LogP) is 2.81. The van der Waals surface area contributed by atoms with Crippen LogP contribution in [0.5, 0.6) is 0 Å². The summed E-state index contributed by atoms with van der Waals surface area (Å²) in [6, 6.07) is 5.07. The number of nitrogens with zero attached hydrogens (tertiary/aromatic N) is 1. The highest BCUT2D eigenvalue weighted by atomic mass is 35.5. The van der Waals surface area contributed by atoms with Gasteiger partial charge in [-0.15, -0.1) is 0 Å². The predicted molar refractivity (Wildman–Crippen MR) is 66.4 cm³/mol. The third-order valence-electron chi connectivity index (χ3n) is 2.17. The van der Waals surface area contributed by atoms with E-state index in [0.29, 0.717) is 11.1 Å². The van der Waals surface area contributed by atoms with Crippen LogP contribution in [0.4, 0.5) is 14.6 Å². The van der Waals surface area contributed by atoms with Gasteiger partial charge in [-0.2, -0.15) is 0 Å². The largest absolute Gasteiger partial charge is 0.263 e. The van der Waals surface area contributed by atoms with E-state index < -0.39 is 26.6 Å². The van der Waals surface area contributed by atoms with E-state index >= 15 is 0 Å². The molecule has 0 fully saturated rings. The van der Waals surface area contributed by atoms with Crippen molar-refractivity contribution in [2.45, 2.75) is 4.90 Å². The van der Waals surface area contributed by atoms with Crippen LogP contribution in [0.15, 0.2) is 41.4 Å². The molecule has 19 heavy (non-hydrogen) atoms. The number of anilines is 1. The Morgan fingerprint density at radius 1 is 1.11 bits per heavy atom. The zero-order chi connectivity index (χ0) is 14.0. The number of nitrogens with one attached hydrogen (secondary N) is 1. The molecule has 100 valence electrons. The summed E-state index contributed by atoms with van der Waals surface area (Å²) in [5, 5.41) is 0.343. The van der Waals surface area contributed by atoms with Gasteiger partial charge in [0.05, 0.1) is 9.92 Å². The molecule has 0 amide bonds. The Morgan fingerprint density at radius 3 is 2.42 bits per heavy atom. The van der Waals surface area contributed by atoms with Gasteiger partial charge in [0.2, 0.25) is 0 Å². The Labute approximate surface area is 113 Å². The van der Waals surface area contributed by atoms with E-state index in [1.54, 1.807) is 0 Å². The molecule has 2 rings (SSSR count). The van der Waals surface area contributed by atoms with Crippen molar-refractivity contribution in [3.8, 4) is 0 Å². The molecule has 1 aromatic heterocycles. The molecular formula is C11H7ClF2N2O2S. The van der Waals surface area contributed by atoms with E-state index in [1.165, 1.54) is 18.3 Å². The van der Waals surface area contributed by atoms with Gasteiger partial charge < -0.3 is 0 Å². The van der Waals surface area contributed by atoms with Crippen LogP contribution in [-0.4, -0.2) is 13.4 Å². The topological polar surface area (TPSA) is 59.1 Å². The van der Waals surface area contributed by atoms with Gasteiger partial charge in [0.25, 0.3) is 10.0 Å². The molecule has 0 bridgehead atoms. The summed E-state index contributed by atoms with van der Waals surface area (Å²) in [7, 11) is -4.03. The summed E-state index contributed by atoms with van der Waals surface area (Å²) >= 11 is 5.61. The number of halogens is 3. The first-order valence-corrected chi connectivity index (χ1v) is 6.84. The van der Waals surface area contributed by atoms with Gasteiger partial charge in [-0.05, 0) is 30.3 Å². The molecule has 0 spiro atoms. The smallest absolute Gasteiger partial charge is 0.263 e. The van der Waals surface area contributed by atoms with Crippen LogP contribution in [0.2, 0.25) is 5.02 Å². The lowest BCUT2D eigenvalue weighted by Crippen LogP contribution is -2.14. The molecule has 4 nitrogen and oxygen atoms in total. The first kappa shape index (κ1) is 13.7. The quantitative estimate of drug-likeness (QED) is 0.948. The van der Waals surface area contributed by atoms with Gasteiger partial charge >= 0.3 is 0 Å². The van der Waals surface area contributed by atoms with Crippen molar-refractivity contribution in [3.05, 3.63) is 53.2 Å². The number of benzene rings is 1. The van der Waals surface area contributed by atoms with Crippen LogP contribution in [-0.2, 0) is 10.0 Å². The van der Waals surface area contributed by atoms with Gasteiger partial charge in [0.1, 0.15) is 5.82 Å². The molecule has 1 aromatic carbocycles. The van der Waals surface area contributed by atoms with Crippen molar-refractivity contribution in [2.24, 2.45) is 0 Å². The van der Waals surface area contributed by atoms with E-state index in [-0.39, 0.29) is 5.82 Å². The Hall–Kier alpha value is -1.73. The number of aromatic nitrogens is 1. The van der Waals surface area contributed by atoms with E-state index in [1.807, 2.05) is 0 Å². The van der Waals surface area contributed by atoms with Crippen LogP contribution >= 0.6 is 11.6 Å². The molecule has 0 aliphatic carbocycles. The average molecular weight is 305 g/mol. The van der Waals surface area contributed by atoms with Crippen molar-refractivity contribution in [2.75, 3.05) is 4.72 Å². The summed E-state index contributed by atoms with van der Waals surface area (Å²) in [6.45, 7) is 0. The molecule has 2 aromatic rings. The van der Waals surface area contributed by atoms with E-state index in [9.17, 15) is 17.2 Å².